The van der Waals surface area contributed by atoms with E-state index in [0.29, 0.717) is 0 Å². The van der Waals surface area contributed by atoms with Crippen molar-refractivity contribution in [2.45, 2.75) is 12.5 Å². The predicted octanol–water partition coefficient (Wildman–Crippen LogP) is 3.85. The molecule has 0 saturated carbocycles. The van der Waals surface area contributed by atoms with Gasteiger partial charge in [0.15, 0.2) is 0 Å². The highest BCUT2D eigenvalue weighted by molar-refractivity contribution is 5.74. The van der Waals surface area contributed by atoms with Crippen molar-refractivity contribution >= 4 is 16.7 Å². The molecule has 0 amide bonds. The summed E-state index contributed by atoms with van der Waals surface area (Å²) in [4.78, 5) is 0. The van der Waals surface area contributed by atoms with E-state index >= 15 is 0 Å². The molecular weight excluding hydrogens is 296 g/mol. The molecule has 4 aromatic rings. The Kier molecular flexibility index (Phi) is 3.71. The highest BCUT2D eigenvalue weighted by atomic mass is 15.4. The summed E-state index contributed by atoms with van der Waals surface area (Å²) in [6.07, 6.45) is 0.808. The highest BCUT2D eigenvalue weighted by Gasteiger charge is 2.20. The summed E-state index contributed by atoms with van der Waals surface area (Å²) in [5, 5.41) is 8.73. The van der Waals surface area contributed by atoms with Crippen molar-refractivity contribution < 1.29 is 0 Å². The first-order chi connectivity index (χ1) is 11.8. The number of nitrogen functional groups attached to an aromatic ring is 1. The van der Waals surface area contributed by atoms with Gasteiger partial charge in [0.05, 0.1) is 11.6 Å². The molecule has 3 aromatic carbocycles. The number of hydrogen-bond acceptors (Lipinski definition) is 3. The van der Waals surface area contributed by atoms with Crippen molar-refractivity contribution in [3.63, 3.8) is 0 Å². The van der Waals surface area contributed by atoms with Gasteiger partial charge in [0, 0.05) is 5.69 Å². The molecule has 0 radical (unpaired) electrons. The largest absolute Gasteiger partial charge is 0.398 e. The number of rotatable bonds is 4. The zero-order valence-corrected chi connectivity index (χ0v) is 13.2. The van der Waals surface area contributed by atoms with Gasteiger partial charge in [0.2, 0.25) is 0 Å². The molecule has 1 atom stereocenters. The molecule has 0 aliphatic rings. The third-order valence-electron chi connectivity index (χ3n) is 4.30. The summed E-state index contributed by atoms with van der Waals surface area (Å²) in [5.41, 5.74) is 11.3. The van der Waals surface area contributed by atoms with Crippen LogP contribution in [0.4, 0.5) is 5.69 Å². The van der Waals surface area contributed by atoms with Gasteiger partial charge < -0.3 is 5.73 Å². The van der Waals surface area contributed by atoms with Crippen LogP contribution in [0.15, 0.2) is 78.9 Å². The van der Waals surface area contributed by atoms with E-state index in [1.807, 2.05) is 53.2 Å². The van der Waals surface area contributed by atoms with Crippen LogP contribution >= 0.6 is 0 Å². The molecular formula is C20H18N4. The van der Waals surface area contributed by atoms with Crippen molar-refractivity contribution in [3.05, 3.63) is 90.0 Å². The molecule has 1 heterocycles. The lowest BCUT2D eigenvalue weighted by atomic mass is 9.97. The lowest BCUT2D eigenvalue weighted by Crippen LogP contribution is -2.16. The maximum atomic E-state index is 6.26. The fourth-order valence-electron chi connectivity index (χ4n) is 3.10. The topological polar surface area (TPSA) is 56.7 Å². The van der Waals surface area contributed by atoms with Gasteiger partial charge in [-0.15, -0.1) is 5.10 Å². The van der Waals surface area contributed by atoms with Crippen LogP contribution in [0, 0.1) is 0 Å². The van der Waals surface area contributed by atoms with Gasteiger partial charge in [0.25, 0.3) is 0 Å². The van der Waals surface area contributed by atoms with Crippen molar-refractivity contribution in [2.75, 3.05) is 5.73 Å². The third kappa shape index (κ3) is 2.63. The number of nitrogens with two attached hydrogens (primary N) is 1. The Balaban J connectivity index is 1.86. The Hall–Kier alpha value is -3.14. The van der Waals surface area contributed by atoms with Gasteiger partial charge in [-0.05, 0) is 35.7 Å². The minimum absolute atomic E-state index is 0.000926. The van der Waals surface area contributed by atoms with E-state index < -0.39 is 0 Å². The smallest absolute Gasteiger partial charge is 0.113 e. The lowest BCUT2D eigenvalue weighted by molar-refractivity contribution is 0.520. The molecule has 2 N–H and O–H groups in total. The maximum Gasteiger partial charge on any atom is 0.113 e. The molecule has 0 aliphatic carbocycles. The van der Waals surface area contributed by atoms with Crippen LogP contribution in [0.1, 0.15) is 17.2 Å². The zero-order valence-electron chi connectivity index (χ0n) is 13.2. The number of nitrogens with zero attached hydrogens (tertiary/aromatic N) is 3. The predicted molar refractivity (Wildman–Crippen MR) is 96.7 cm³/mol. The van der Waals surface area contributed by atoms with E-state index in [0.717, 1.165) is 28.7 Å². The van der Waals surface area contributed by atoms with Gasteiger partial charge in [-0.25, -0.2) is 4.68 Å². The van der Waals surface area contributed by atoms with E-state index in [2.05, 4.69) is 40.6 Å². The second-order valence-electron chi connectivity index (χ2n) is 5.86. The summed E-state index contributed by atoms with van der Waals surface area (Å²) in [7, 11) is 0. The Morgan fingerprint density at radius 2 is 1.54 bits per heavy atom. The minimum Gasteiger partial charge on any atom is -0.398 e. The fraction of sp³-hybridized carbons (Fsp3) is 0.100. The summed E-state index contributed by atoms with van der Waals surface area (Å²) in [6, 6.07) is 26.4. The van der Waals surface area contributed by atoms with E-state index in [9.17, 15) is 0 Å². The summed E-state index contributed by atoms with van der Waals surface area (Å²) < 4.78 is 1.98. The van der Waals surface area contributed by atoms with Crippen LogP contribution in [0.25, 0.3) is 11.0 Å². The standard InChI is InChI=1S/C20H18N4/c21-17-11-5-4-10-16(17)20(14-15-8-2-1-3-9-15)24-19-13-7-6-12-18(19)22-23-24/h1-13,20H,14,21H2. The highest BCUT2D eigenvalue weighted by Crippen LogP contribution is 2.29. The van der Waals surface area contributed by atoms with Gasteiger partial charge in [-0.3, -0.25) is 0 Å². The second kappa shape index (κ2) is 6.16. The fourth-order valence-corrected chi connectivity index (χ4v) is 3.10. The van der Waals surface area contributed by atoms with Crippen LogP contribution in [-0.2, 0) is 6.42 Å². The number of fused-ring (bicyclic) bond motifs is 1. The molecule has 4 rings (SSSR count). The van der Waals surface area contributed by atoms with Crippen LogP contribution in [-0.4, -0.2) is 15.0 Å². The molecule has 118 valence electrons. The first kappa shape index (κ1) is 14.5. The van der Waals surface area contributed by atoms with Gasteiger partial charge in [-0.1, -0.05) is 65.9 Å². The molecule has 1 aromatic heterocycles. The first-order valence-electron chi connectivity index (χ1n) is 8.01. The average Bonchev–Trinajstić information content (AvgIpc) is 3.05. The second-order valence-corrected chi connectivity index (χ2v) is 5.86. The average molecular weight is 314 g/mol. The quantitative estimate of drug-likeness (QED) is 0.582. The zero-order chi connectivity index (χ0) is 16.4. The van der Waals surface area contributed by atoms with E-state index in [1.165, 1.54) is 5.56 Å². The van der Waals surface area contributed by atoms with Crippen molar-refractivity contribution in [2.24, 2.45) is 0 Å². The Morgan fingerprint density at radius 3 is 2.38 bits per heavy atom. The van der Waals surface area contributed by atoms with Crippen LogP contribution in [0.5, 0.6) is 0 Å². The SMILES string of the molecule is Nc1ccccc1C(Cc1ccccc1)n1nnc2ccccc21. The number of para-hydroxylation sites is 2. The van der Waals surface area contributed by atoms with Gasteiger partial charge in [0.1, 0.15) is 5.52 Å². The maximum absolute atomic E-state index is 6.26. The van der Waals surface area contributed by atoms with E-state index in [4.69, 9.17) is 5.73 Å². The molecule has 1 unspecified atom stereocenters. The number of hydrogen-bond donors (Lipinski definition) is 1. The molecule has 24 heavy (non-hydrogen) atoms. The molecule has 4 nitrogen and oxygen atoms in total. The summed E-state index contributed by atoms with van der Waals surface area (Å²) in [5.74, 6) is 0. The molecule has 0 aliphatic heterocycles. The monoisotopic (exact) mass is 314 g/mol. The number of aromatic nitrogens is 3. The third-order valence-corrected chi connectivity index (χ3v) is 4.30. The van der Waals surface area contributed by atoms with Crippen molar-refractivity contribution in [1.82, 2.24) is 15.0 Å². The lowest BCUT2D eigenvalue weighted by Gasteiger charge is -2.20. The molecule has 0 bridgehead atoms. The van der Waals surface area contributed by atoms with Crippen molar-refractivity contribution in [1.29, 1.82) is 0 Å². The van der Waals surface area contributed by atoms with Crippen LogP contribution < -0.4 is 5.73 Å². The minimum atomic E-state index is 0.000926. The Bertz CT molecular complexity index is 959. The molecule has 0 spiro atoms. The Morgan fingerprint density at radius 1 is 0.833 bits per heavy atom. The van der Waals surface area contributed by atoms with Gasteiger partial charge >= 0.3 is 0 Å². The van der Waals surface area contributed by atoms with Crippen molar-refractivity contribution in [3.8, 4) is 0 Å². The Labute approximate surface area is 140 Å². The number of benzene rings is 3. The van der Waals surface area contributed by atoms with E-state index in [-0.39, 0.29) is 6.04 Å². The summed E-state index contributed by atoms with van der Waals surface area (Å²) >= 11 is 0. The van der Waals surface area contributed by atoms with E-state index in [1.54, 1.807) is 0 Å². The summed E-state index contributed by atoms with van der Waals surface area (Å²) in [6.45, 7) is 0. The first-order valence-corrected chi connectivity index (χ1v) is 8.01. The molecule has 0 saturated heterocycles. The molecule has 0 fully saturated rings. The van der Waals surface area contributed by atoms with Gasteiger partial charge in [-0.2, -0.15) is 0 Å². The number of anilines is 1. The normalized spacial score (nSPS) is 12.3. The molecule has 4 heteroatoms. The van der Waals surface area contributed by atoms with Crippen LogP contribution in [0.3, 0.4) is 0 Å². The van der Waals surface area contributed by atoms with Crippen LogP contribution in [0.2, 0.25) is 0 Å².